The van der Waals surface area contributed by atoms with Gasteiger partial charge in [0.1, 0.15) is 0 Å². The fourth-order valence-electron chi connectivity index (χ4n) is 3.22. The van der Waals surface area contributed by atoms with Gasteiger partial charge in [-0.2, -0.15) is 0 Å². The van der Waals surface area contributed by atoms with Crippen LogP contribution in [0.4, 0.5) is 0 Å². The number of carbonyl (C=O) groups excluding carboxylic acids is 1. The van der Waals surface area contributed by atoms with Crippen LogP contribution >= 0.6 is 0 Å². The van der Waals surface area contributed by atoms with Crippen molar-refractivity contribution >= 4 is 11.9 Å². The minimum absolute atomic E-state index is 0.160. The number of benzene rings is 1. The van der Waals surface area contributed by atoms with Gasteiger partial charge in [-0.15, -0.1) is 0 Å². The van der Waals surface area contributed by atoms with Crippen molar-refractivity contribution in [2.45, 2.75) is 52.1 Å². The highest BCUT2D eigenvalue weighted by Crippen LogP contribution is 2.28. The predicted molar refractivity (Wildman–Crippen MR) is 102 cm³/mol. The molecule has 2 aliphatic rings. The minimum atomic E-state index is 0.160. The Morgan fingerprint density at radius 1 is 1.20 bits per heavy atom. The molecule has 2 N–H and O–H groups in total. The minimum Gasteiger partial charge on any atom is -0.357 e. The molecule has 2 unspecified atom stereocenters. The van der Waals surface area contributed by atoms with Gasteiger partial charge < -0.3 is 15.5 Å². The van der Waals surface area contributed by atoms with Gasteiger partial charge in [0, 0.05) is 31.2 Å². The van der Waals surface area contributed by atoms with E-state index in [9.17, 15) is 4.79 Å². The van der Waals surface area contributed by atoms with Crippen LogP contribution in [0.2, 0.25) is 0 Å². The van der Waals surface area contributed by atoms with Crippen molar-refractivity contribution in [3.05, 3.63) is 35.4 Å². The summed E-state index contributed by atoms with van der Waals surface area (Å²) in [5.41, 5.74) is 1.91. The van der Waals surface area contributed by atoms with Gasteiger partial charge in [0.25, 0.3) is 5.91 Å². The topological polar surface area (TPSA) is 56.7 Å². The first kappa shape index (κ1) is 17.8. The number of hydrogen-bond acceptors (Lipinski definition) is 2. The zero-order valence-electron chi connectivity index (χ0n) is 15.4. The van der Waals surface area contributed by atoms with E-state index in [-0.39, 0.29) is 5.91 Å². The van der Waals surface area contributed by atoms with E-state index in [2.05, 4.69) is 29.5 Å². The first-order chi connectivity index (χ1) is 12.2. The number of piperidine rings is 1. The molecule has 3 rings (SSSR count). The molecule has 1 aromatic carbocycles. The second-order valence-corrected chi connectivity index (χ2v) is 7.21. The predicted octanol–water partition coefficient (Wildman–Crippen LogP) is 2.78. The average molecular weight is 342 g/mol. The van der Waals surface area contributed by atoms with Crippen molar-refractivity contribution in [2.75, 3.05) is 19.6 Å². The van der Waals surface area contributed by atoms with E-state index in [0.29, 0.717) is 12.6 Å². The van der Waals surface area contributed by atoms with Gasteiger partial charge >= 0.3 is 0 Å². The van der Waals surface area contributed by atoms with Gasteiger partial charge in [0.15, 0.2) is 5.96 Å². The fraction of sp³-hybridized carbons (Fsp3) is 0.600. The molecule has 136 valence electrons. The largest absolute Gasteiger partial charge is 0.357 e. The number of aliphatic imine (C=N–C) groups is 1. The number of nitrogens with zero attached hydrogens (tertiary/aromatic N) is 2. The molecule has 0 bridgehead atoms. The zero-order valence-corrected chi connectivity index (χ0v) is 15.4. The molecule has 0 spiro atoms. The van der Waals surface area contributed by atoms with Crippen molar-refractivity contribution < 1.29 is 4.79 Å². The number of nitrogens with one attached hydrogen (secondary N) is 2. The molecule has 5 nitrogen and oxygen atoms in total. The van der Waals surface area contributed by atoms with Gasteiger partial charge in [-0.1, -0.05) is 19.1 Å². The summed E-state index contributed by atoms with van der Waals surface area (Å²) in [7, 11) is 0. The lowest BCUT2D eigenvalue weighted by Crippen LogP contribution is -2.39. The Morgan fingerprint density at radius 2 is 1.88 bits per heavy atom. The molecule has 1 aliphatic heterocycles. The van der Waals surface area contributed by atoms with Gasteiger partial charge in [-0.05, 0) is 56.2 Å². The smallest absolute Gasteiger partial charge is 0.253 e. The molecule has 0 aromatic heterocycles. The van der Waals surface area contributed by atoms with Crippen molar-refractivity contribution in [1.29, 1.82) is 0 Å². The molecular weight excluding hydrogens is 312 g/mol. The highest BCUT2D eigenvalue weighted by atomic mass is 16.2. The third-order valence-electron chi connectivity index (χ3n) is 5.04. The SMILES string of the molecule is CCNC(=NCc1ccc(C(=O)N2CCCCC2)cc1)NC1CC1C. The van der Waals surface area contributed by atoms with Gasteiger partial charge in [-0.3, -0.25) is 4.79 Å². The van der Waals surface area contributed by atoms with E-state index in [4.69, 9.17) is 0 Å². The molecule has 1 heterocycles. The maximum atomic E-state index is 12.5. The van der Waals surface area contributed by atoms with Crippen molar-refractivity contribution in [3.63, 3.8) is 0 Å². The quantitative estimate of drug-likeness (QED) is 0.639. The molecule has 25 heavy (non-hydrogen) atoms. The number of hydrogen-bond donors (Lipinski definition) is 2. The number of guanidine groups is 1. The third kappa shape index (κ3) is 4.97. The van der Waals surface area contributed by atoms with Crippen LogP contribution in [-0.4, -0.2) is 42.4 Å². The lowest BCUT2D eigenvalue weighted by atomic mass is 10.1. The number of amides is 1. The van der Waals surface area contributed by atoms with Crippen molar-refractivity contribution in [2.24, 2.45) is 10.9 Å². The van der Waals surface area contributed by atoms with Crippen LogP contribution in [0.15, 0.2) is 29.3 Å². The summed E-state index contributed by atoms with van der Waals surface area (Å²) in [6, 6.07) is 8.46. The van der Waals surface area contributed by atoms with E-state index in [1.807, 2.05) is 29.2 Å². The van der Waals surface area contributed by atoms with Crippen LogP contribution in [0.25, 0.3) is 0 Å². The first-order valence-corrected chi connectivity index (χ1v) is 9.60. The molecule has 1 saturated heterocycles. The highest BCUT2D eigenvalue weighted by Gasteiger charge is 2.33. The van der Waals surface area contributed by atoms with Crippen molar-refractivity contribution in [3.8, 4) is 0 Å². The van der Waals surface area contributed by atoms with Gasteiger partial charge in [0.05, 0.1) is 6.54 Å². The molecule has 0 radical (unpaired) electrons. The second-order valence-electron chi connectivity index (χ2n) is 7.21. The van der Waals surface area contributed by atoms with Crippen molar-refractivity contribution in [1.82, 2.24) is 15.5 Å². The van der Waals surface area contributed by atoms with Crippen LogP contribution in [0.3, 0.4) is 0 Å². The van der Waals surface area contributed by atoms with Crippen LogP contribution in [0.5, 0.6) is 0 Å². The Morgan fingerprint density at radius 3 is 2.48 bits per heavy atom. The summed E-state index contributed by atoms with van der Waals surface area (Å²) in [6.07, 6.45) is 4.71. The van der Waals surface area contributed by atoms with E-state index in [1.165, 1.54) is 12.8 Å². The summed E-state index contributed by atoms with van der Waals surface area (Å²) in [5.74, 6) is 1.78. The average Bonchev–Trinajstić information content (AvgIpc) is 3.35. The summed E-state index contributed by atoms with van der Waals surface area (Å²) >= 11 is 0. The molecular formula is C20H30N4O. The Bertz CT molecular complexity index is 605. The number of rotatable bonds is 5. The van der Waals surface area contributed by atoms with E-state index in [0.717, 1.165) is 55.5 Å². The summed E-state index contributed by atoms with van der Waals surface area (Å²) in [4.78, 5) is 19.1. The van der Waals surface area contributed by atoms with E-state index in [1.54, 1.807) is 0 Å². The van der Waals surface area contributed by atoms with Crippen LogP contribution < -0.4 is 10.6 Å². The van der Waals surface area contributed by atoms with Crippen LogP contribution in [-0.2, 0) is 6.54 Å². The normalized spacial score (nSPS) is 23.3. The molecule has 5 heteroatoms. The lowest BCUT2D eigenvalue weighted by molar-refractivity contribution is 0.0724. The maximum absolute atomic E-state index is 12.5. The van der Waals surface area contributed by atoms with E-state index >= 15 is 0 Å². The second kappa shape index (κ2) is 8.37. The summed E-state index contributed by atoms with van der Waals surface area (Å²) < 4.78 is 0. The van der Waals surface area contributed by atoms with Crippen LogP contribution in [0, 0.1) is 5.92 Å². The Kier molecular flexibility index (Phi) is 5.95. The molecule has 1 amide bonds. The lowest BCUT2D eigenvalue weighted by Gasteiger charge is -2.26. The van der Waals surface area contributed by atoms with E-state index < -0.39 is 0 Å². The molecule has 1 aromatic rings. The molecule has 1 aliphatic carbocycles. The first-order valence-electron chi connectivity index (χ1n) is 9.60. The zero-order chi connectivity index (χ0) is 17.6. The highest BCUT2D eigenvalue weighted by molar-refractivity contribution is 5.94. The molecule has 1 saturated carbocycles. The summed E-state index contributed by atoms with van der Waals surface area (Å²) in [5, 5.41) is 6.76. The van der Waals surface area contributed by atoms with Gasteiger partial charge in [-0.25, -0.2) is 4.99 Å². The number of carbonyl (C=O) groups is 1. The maximum Gasteiger partial charge on any atom is 0.253 e. The molecule has 2 fully saturated rings. The Hall–Kier alpha value is -2.04. The Labute approximate surface area is 150 Å². The van der Waals surface area contributed by atoms with Gasteiger partial charge in [0.2, 0.25) is 0 Å². The van der Waals surface area contributed by atoms with Crippen LogP contribution in [0.1, 0.15) is 55.5 Å². The fourth-order valence-corrected chi connectivity index (χ4v) is 3.22. The third-order valence-corrected chi connectivity index (χ3v) is 5.04. The number of likely N-dealkylation sites (tertiary alicyclic amines) is 1. The molecule has 2 atom stereocenters. The standard InChI is InChI=1S/C20H30N4O/c1-3-21-20(23-18-13-15(18)2)22-14-16-7-9-17(10-8-16)19(25)24-11-5-4-6-12-24/h7-10,15,18H,3-6,11-14H2,1-2H3,(H2,21,22,23). The summed E-state index contributed by atoms with van der Waals surface area (Å²) in [6.45, 7) is 7.59. The monoisotopic (exact) mass is 342 g/mol. The Balaban J connectivity index is 1.57.